The Morgan fingerprint density at radius 1 is 0.966 bits per heavy atom. The van der Waals surface area contributed by atoms with Gasteiger partial charge in [-0.2, -0.15) is 9.78 Å². The molecule has 1 aromatic carbocycles. The summed E-state index contributed by atoms with van der Waals surface area (Å²) >= 11 is 1.34. The van der Waals surface area contributed by atoms with Crippen LogP contribution in [0.1, 0.15) is 26.8 Å². The first-order valence-corrected chi connectivity index (χ1v) is 9.77. The monoisotopic (exact) mass is 407 g/mol. The van der Waals surface area contributed by atoms with Crippen molar-refractivity contribution in [3.63, 3.8) is 0 Å². The molecule has 0 saturated carbocycles. The third-order valence-corrected chi connectivity index (χ3v) is 5.32. The lowest BCUT2D eigenvalue weighted by molar-refractivity contribution is 0.103. The van der Waals surface area contributed by atoms with E-state index < -0.39 is 0 Å². The molecular formula is C21H18FN5OS. The van der Waals surface area contributed by atoms with Crippen molar-refractivity contribution in [1.82, 2.24) is 19.7 Å². The van der Waals surface area contributed by atoms with Crippen LogP contribution >= 0.6 is 11.3 Å². The van der Waals surface area contributed by atoms with Crippen LogP contribution in [-0.4, -0.2) is 25.7 Å². The quantitative estimate of drug-likeness (QED) is 0.532. The van der Waals surface area contributed by atoms with Crippen LogP contribution in [0, 0.1) is 26.6 Å². The van der Waals surface area contributed by atoms with Crippen molar-refractivity contribution >= 4 is 23.1 Å². The van der Waals surface area contributed by atoms with Gasteiger partial charge < -0.3 is 5.32 Å². The SMILES string of the molecule is Cc1cc(C)nc(-n2nc(C)cc2NC(=O)c2ccc(-c3ccc(F)cc3)s2)n1. The van der Waals surface area contributed by atoms with Gasteiger partial charge in [0.15, 0.2) is 0 Å². The molecule has 8 heteroatoms. The molecule has 0 aliphatic rings. The second kappa shape index (κ2) is 7.56. The Kier molecular flexibility index (Phi) is 4.94. The summed E-state index contributed by atoms with van der Waals surface area (Å²) in [6.45, 7) is 5.61. The van der Waals surface area contributed by atoms with Gasteiger partial charge >= 0.3 is 0 Å². The first kappa shape index (κ1) is 18.9. The highest BCUT2D eigenvalue weighted by Gasteiger charge is 2.16. The molecular weight excluding hydrogens is 389 g/mol. The lowest BCUT2D eigenvalue weighted by atomic mass is 10.2. The molecule has 3 heterocycles. The van der Waals surface area contributed by atoms with E-state index in [1.54, 1.807) is 24.3 Å². The number of anilines is 1. The fourth-order valence-electron chi connectivity index (χ4n) is 2.95. The normalized spacial score (nSPS) is 10.9. The highest BCUT2D eigenvalue weighted by molar-refractivity contribution is 7.17. The topological polar surface area (TPSA) is 72.7 Å². The average molecular weight is 407 g/mol. The van der Waals surface area contributed by atoms with Crippen LogP contribution in [0.2, 0.25) is 0 Å². The zero-order valence-corrected chi connectivity index (χ0v) is 16.9. The van der Waals surface area contributed by atoms with Gasteiger partial charge in [-0.1, -0.05) is 12.1 Å². The number of nitrogens with one attached hydrogen (secondary N) is 1. The maximum atomic E-state index is 13.1. The minimum Gasteiger partial charge on any atom is -0.306 e. The fourth-order valence-corrected chi connectivity index (χ4v) is 3.86. The Balaban J connectivity index is 1.60. The summed E-state index contributed by atoms with van der Waals surface area (Å²) < 4.78 is 14.7. The minimum absolute atomic E-state index is 0.256. The lowest BCUT2D eigenvalue weighted by Gasteiger charge is -2.08. The molecule has 6 nitrogen and oxygen atoms in total. The molecule has 4 aromatic rings. The minimum atomic E-state index is -0.291. The fraction of sp³-hybridized carbons (Fsp3) is 0.143. The van der Waals surface area contributed by atoms with Gasteiger partial charge in [0.1, 0.15) is 11.6 Å². The predicted octanol–water partition coefficient (Wildman–Crippen LogP) is 4.71. The molecule has 29 heavy (non-hydrogen) atoms. The van der Waals surface area contributed by atoms with Gasteiger partial charge in [-0.3, -0.25) is 4.79 Å². The molecule has 146 valence electrons. The van der Waals surface area contributed by atoms with Gasteiger partial charge in [0.25, 0.3) is 11.9 Å². The Bertz CT molecular complexity index is 1180. The van der Waals surface area contributed by atoms with Gasteiger partial charge in [-0.05, 0) is 56.7 Å². The molecule has 1 amide bonds. The van der Waals surface area contributed by atoms with Crippen LogP contribution < -0.4 is 5.32 Å². The van der Waals surface area contributed by atoms with E-state index in [0.29, 0.717) is 16.6 Å². The summed E-state index contributed by atoms with van der Waals surface area (Å²) in [6.07, 6.45) is 0. The molecule has 0 aliphatic heterocycles. The predicted molar refractivity (Wildman–Crippen MR) is 111 cm³/mol. The number of halogens is 1. The number of amides is 1. The molecule has 0 atom stereocenters. The number of hydrogen-bond donors (Lipinski definition) is 1. The third kappa shape index (κ3) is 4.07. The van der Waals surface area contributed by atoms with Crippen LogP contribution in [0.3, 0.4) is 0 Å². The van der Waals surface area contributed by atoms with E-state index >= 15 is 0 Å². The zero-order chi connectivity index (χ0) is 20.5. The summed E-state index contributed by atoms with van der Waals surface area (Å²) in [5.74, 6) is 0.354. The molecule has 0 fully saturated rings. The Hall–Kier alpha value is -3.39. The van der Waals surface area contributed by atoms with Crippen molar-refractivity contribution in [1.29, 1.82) is 0 Å². The number of carbonyl (C=O) groups excluding carboxylic acids is 1. The molecule has 0 aliphatic carbocycles. The van der Waals surface area contributed by atoms with Gasteiger partial charge in [0.05, 0.1) is 10.6 Å². The van der Waals surface area contributed by atoms with E-state index in [1.165, 1.54) is 28.2 Å². The number of hydrogen-bond acceptors (Lipinski definition) is 5. The number of aryl methyl sites for hydroxylation is 3. The second-order valence-corrected chi connectivity index (χ2v) is 7.74. The summed E-state index contributed by atoms with van der Waals surface area (Å²) in [6, 6.07) is 13.4. The number of nitrogens with zero attached hydrogens (tertiary/aromatic N) is 4. The number of aromatic nitrogens is 4. The van der Waals surface area contributed by atoms with Crippen molar-refractivity contribution in [2.75, 3.05) is 5.32 Å². The Morgan fingerprint density at radius 2 is 1.66 bits per heavy atom. The van der Waals surface area contributed by atoms with Crippen molar-refractivity contribution in [2.45, 2.75) is 20.8 Å². The molecule has 0 spiro atoms. The highest BCUT2D eigenvalue weighted by Crippen LogP contribution is 2.29. The van der Waals surface area contributed by atoms with E-state index in [0.717, 1.165) is 27.5 Å². The van der Waals surface area contributed by atoms with Crippen LogP contribution in [0.15, 0.2) is 48.5 Å². The number of thiophene rings is 1. The Morgan fingerprint density at radius 3 is 2.34 bits per heavy atom. The van der Waals surface area contributed by atoms with E-state index in [2.05, 4.69) is 20.4 Å². The van der Waals surface area contributed by atoms with Crippen molar-refractivity contribution in [2.24, 2.45) is 0 Å². The smallest absolute Gasteiger partial charge is 0.266 e. The Labute approximate surface area is 171 Å². The van der Waals surface area contributed by atoms with E-state index in [9.17, 15) is 9.18 Å². The maximum absolute atomic E-state index is 13.1. The van der Waals surface area contributed by atoms with Crippen LogP contribution in [0.5, 0.6) is 0 Å². The van der Waals surface area contributed by atoms with Crippen LogP contribution in [-0.2, 0) is 0 Å². The van der Waals surface area contributed by atoms with E-state index in [1.807, 2.05) is 32.9 Å². The van der Waals surface area contributed by atoms with E-state index in [4.69, 9.17) is 0 Å². The largest absolute Gasteiger partial charge is 0.306 e. The number of benzene rings is 1. The summed E-state index contributed by atoms with van der Waals surface area (Å²) in [5.41, 5.74) is 3.24. The molecule has 3 aromatic heterocycles. The number of carbonyl (C=O) groups is 1. The number of rotatable bonds is 4. The van der Waals surface area contributed by atoms with Crippen molar-refractivity contribution < 1.29 is 9.18 Å². The first-order chi connectivity index (χ1) is 13.9. The summed E-state index contributed by atoms with van der Waals surface area (Å²) in [4.78, 5) is 23.1. The highest BCUT2D eigenvalue weighted by atomic mass is 32.1. The van der Waals surface area contributed by atoms with Crippen LogP contribution in [0.25, 0.3) is 16.4 Å². The summed E-state index contributed by atoms with van der Waals surface area (Å²) in [5, 5.41) is 7.31. The van der Waals surface area contributed by atoms with Gasteiger partial charge in [0, 0.05) is 22.3 Å². The third-order valence-electron chi connectivity index (χ3n) is 4.19. The molecule has 1 N–H and O–H groups in total. The van der Waals surface area contributed by atoms with Crippen LogP contribution in [0.4, 0.5) is 10.2 Å². The molecule has 0 radical (unpaired) electrons. The molecule has 0 bridgehead atoms. The molecule has 0 unspecified atom stereocenters. The molecule has 4 rings (SSSR count). The first-order valence-electron chi connectivity index (χ1n) is 8.95. The maximum Gasteiger partial charge on any atom is 0.266 e. The summed E-state index contributed by atoms with van der Waals surface area (Å²) in [7, 11) is 0. The average Bonchev–Trinajstić information content (AvgIpc) is 3.28. The van der Waals surface area contributed by atoms with E-state index in [-0.39, 0.29) is 11.7 Å². The van der Waals surface area contributed by atoms with Gasteiger partial charge in [-0.25, -0.2) is 14.4 Å². The van der Waals surface area contributed by atoms with Crippen molar-refractivity contribution in [3.05, 3.63) is 76.3 Å². The van der Waals surface area contributed by atoms with Crippen molar-refractivity contribution in [3.8, 4) is 16.4 Å². The second-order valence-electron chi connectivity index (χ2n) is 6.66. The molecule has 0 saturated heterocycles. The van der Waals surface area contributed by atoms with Gasteiger partial charge in [-0.15, -0.1) is 11.3 Å². The van der Waals surface area contributed by atoms with Gasteiger partial charge in [0.2, 0.25) is 0 Å². The lowest BCUT2D eigenvalue weighted by Crippen LogP contribution is -2.15. The zero-order valence-electron chi connectivity index (χ0n) is 16.1. The standard InChI is InChI=1S/C21H18FN5OS/c1-12-10-13(2)24-21(23-12)27-19(11-14(3)26-27)25-20(28)18-9-8-17(29-18)15-4-6-16(22)7-5-15/h4-11H,1-3H3,(H,25,28).